The van der Waals surface area contributed by atoms with Crippen LogP contribution < -0.4 is 0 Å². The van der Waals surface area contributed by atoms with Gasteiger partial charge in [0, 0.05) is 0 Å². The van der Waals surface area contributed by atoms with Gasteiger partial charge in [0.2, 0.25) is 0 Å². The number of hydrogen-bond acceptors (Lipinski definition) is 6. The second kappa shape index (κ2) is 5.19. The number of imidazole rings is 1. The second-order valence-corrected chi connectivity index (χ2v) is 5.42. The van der Waals surface area contributed by atoms with Gasteiger partial charge in [0.05, 0.1) is 11.9 Å². The molecule has 0 saturated carbocycles. The number of aromatic nitrogens is 7. The summed E-state index contributed by atoms with van der Waals surface area (Å²) in [6.45, 7) is 0. The SMILES string of the molecule is Fc1ccc(-c2cnc(Sc3ccc4nnnn4n3)[nH]2)cc1. The Balaban J connectivity index is 1.59. The zero-order valence-corrected chi connectivity index (χ0v) is 11.8. The van der Waals surface area contributed by atoms with Gasteiger partial charge >= 0.3 is 0 Å². The number of benzene rings is 1. The predicted molar refractivity (Wildman–Crippen MR) is 76.7 cm³/mol. The lowest BCUT2D eigenvalue weighted by atomic mass is 10.2. The van der Waals surface area contributed by atoms with Crippen molar-refractivity contribution >= 4 is 17.4 Å². The van der Waals surface area contributed by atoms with Gasteiger partial charge in [-0.15, -0.1) is 14.8 Å². The molecule has 4 rings (SSSR count). The van der Waals surface area contributed by atoms with E-state index in [1.54, 1.807) is 24.4 Å². The van der Waals surface area contributed by atoms with Crippen molar-refractivity contribution in [3.8, 4) is 11.3 Å². The summed E-state index contributed by atoms with van der Waals surface area (Å²) in [5.74, 6) is -0.267. The molecule has 1 aromatic carbocycles. The molecule has 4 aromatic rings. The minimum Gasteiger partial charge on any atom is -0.333 e. The average Bonchev–Trinajstić information content (AvgIpc) is 3.17. The molecule has 0 atom stereocenters. The molecule has 0 aliphatic heterocycles. The first-order valence-electron chi connectivity index (χ1n) is 6.32. The molecule has 3 heterocycles. The summed E-state index contributed by atoms with van der Waals surface area (Å²) in [5.41, 5.74) is 2.26. The van der Waals surface area contributed by atoms with Gasteiger partial charge in [0.15, 0.2) is 10.8 Å². The normalized spacial score (nSPS) is 11.1. The van der Waals surface area contributed by atoms with Crippen LogP contribution in [0.15, 0.2) is 52.8 Å². The van der Waals surface area contributed by atoms with E-state index in [9.17, 15) is 4.39 Å². The van der Waals surface area contributed by atoms with Crippen molar-refractivity contribution in [2.24, 2.45) is 0 Å². The number of nitrogens with one attached hydrogen (secondary N) is 1. The highest BCUT2D eigenvalue weighted by Crippen LogP contribution is 2.26. The highest BCUT2D eigenvalue weighted by Gasteiger charge is 2.07. The van der Waals surface area contributed by atoms with Crippen LogP contribution in [-0.4, -0.2) is 35.2 Å². The Morgan fingerprint density at radius 1 is 1.09 bits per heavy atom. The third-order valence-corrected chi connectivity index (χ3v) is 3.78. The van der Waals surface area contributed by atoms with E-state index in [4.69, 9.17) is 0 Å². The van der Waals surface area contributed by atoms with Gasteiger partial charge in [-0.3, -0.25) is 0 Å². The molecular weight excluding hydrogens is 305 g/mol. The summed E-state index contributed by atoms with van der Waals surface area (Å²) < 4.78 is 14.3. The molecule has 0 fully saturated rings. The summed E-state index contributed by atoms with van der Waals surface area (Å²) in [5, 5.41) is 16.7. The lowest BCUT2D eigenvalue weighted by molar-refractivity contribution is 0.628. The molecule has 0 aliphatic carbocycles. The van der Waals surface area contributed by atoms with Crippen molar-refractivity contribution in [3.63, 3.8) is 0 Å². The van der Waals surface area contributed by atoms with Gasteiger partial charge in [-0.05, 0) is 64.2 Å². The molecule has 0 spiro atoms. The fourth-order valence-electron chi connectivity index (χ4n) is 1.92. The van der Waals surface area contributed by atoms with Crippen molar-refractivity contribution in [1.82, 2.24) is 35.2 Å². The Morgan fingerprint density at radius 3 is 2.82 bits per heavy atom. The fraction of sp³-hybridized carbons (Fsp3) is 0. The number of rotatable bonds is 3. The van der Waals surface area contributed by atoms with Crippen molar-refractivity contribution in [3.05, 3.63) is 48.4 Å². The van der Waals surface area contributed by atoms with E-state index in [-0.39, 0.29) is 5.82 Å². The molecule has 0 unspecified atom stereocenters. The number of fused-ring (bicyclic) bond motifs is 1. The van der Waals surface area contributed by atoms with Crippen LogP contribution in [0.3, 0.4) is 0 Å². The predicted octanol–water partition coefficient (Wildman–Crippen LogP) is 2.20. The van der Waals surface area contributed by atoms with E-state index < -0.39 is 0 Å². The number of aromatic amines is 1. The van der Waals surface area contributed by atoms with Gasteiger partial charge < -0.3 is 4.98 Å². The van der Waals surface area contributed by atoms with Crippen LogP contribution in [0.4, 0.5) is 4.39 Å². The van der Waals surface area contributed by atoms with Gasteiger partial charge in [0.25, 0.3) is 0 Å². The summed E-state index contributed by atoms with van der Waals surface area (Å²) in [7, 11) is 0. The summed E-state index contributed by atoms with van der Waals surface area (Å²) in [6.07, 6.45) is 1.70. The molecule has 7 nitrogen and oxygen atoms in total. The molecular formula is C13H8FN7S. The Kier molecular flexibility index (Phi) is 3.04. The maximum atomic E-state index is 12.9. The summed E-state index contributed by atoms with van der Waals surface area (Å²) in [6, 6.07) is 9.81. The van der Waals surface area contributed by atoms with E-state index in [1.807, 2.05) is 6.07 Å². The highest BCUT2D eigenvalue weighted by atomic mass is 32.2. The van der Waals surface area contributed by atoms with Crippen LogP contribution in [0.1, 0.15) is 0 Å². The molecule has 1 N–H and O–H groups in total. The quantitative estimate of drug-likeness (QED) is 0.624. The third kappa shape index (κ3) is 2.42. The van der Waals surface area contributed by atoms with Crippen LogP contribution in [0, 0.1) is 5.82 Å². The van der Waals surface area contributed by atoms with E-state index in [1.165, 1.54) is 28.5 Å². The van der Waals surface area contributed by atoms with Crippen LogP contribution in [-0.2, 0) is 0 Å². The number of hydrogen-bond donors (Lipinski definition) is 1. The minimum absolute atomic E-state index is 0.267. The topological polar surface area (TPSA) is 84.7 Å². The molecule has 9 heteroatoms. The standard InChI is InChI=1S/C13H8FN7S/c14-9-3-1-8(2-4-9)10-7-15-13(16-10)22-12-6-5-11-17-19-20-21(11)18-12/h1-7H,(H,15,16). The summed E-state index contributed by atoms with van der Waals surface area (Å²) >= 11 is 1.36. The zero-order valence-electron chi connectivity index (χ0n) is 11.0. The van der Waals surface area contributed by atoms with Gasteiger partial charge in [-0.2, -0.15) is 0 Å². The molecule has 108 valence electrons. The first kappa shape index (κ1) is 12.9. The molecule has 0 saturated heterocycles. The lowest BCUT2D eigenvalue weighted by Gasteiger charge is -1.98. The smallest absolute Gasteiger partial charge is 0.200 e. The third-order valence-electron chi connectivity index (χ3n) is 2.95. The van der Waals surface area contributed by atoms with Gasteiger partial charge in [-0.25, -0.2) is 9.37 Å². The van der Waals surface area contributed by atoms with Crippen molar-refractivity contribution in [2.75, 3.05) is 0 Å². The van der Waals surface area contributed by atoms with E-state index in [2.05, 4.69) is 30.6 Å². The maximum Gasteiger partial charge on any atom is 0.200 e. The molecule has 22 heavy (non-hydrogen) atoms. The Morgan fingerprint density at radius 2 is 1.95 bits per heavy atom. The highest BCUT2D eigenvalue weighted by molar-refractivity contribution is 7.99. The molecule has 0 amide bonds. The van der Waals surface area contributed by atoms with E-state index >= 15 is 0 Å². The first-order chi connectivity index (χ1) is 10.8. The monoisotopic (exact) mass is 313 g/mol. The number of H-pyrrole nitrogens is 1. The van der Waals surface area contributed by atoms with Crippen LogP contribution >= 0.6 is 11.8 Å². The molecule has 0 bridgehead atoms. The van der Waals surface area contributed by atoms with Gasteiger partial charge in [0.1, 0.15) is 10.8 Å². The van der Waals surface area contributed by atoms with Crippen LogP contribution in [0.25, 0.3) is 16.9 Å². The molecule has 0 aliphatic rings. The maximum absolute atomic E-state index is 12.9. The average molecular weight is 313 g/mol. The minimum atomic E-state index is -0.267. The number of tetrazole rings is 1. The van der Waals surface area contributed by atoms with Crippen molar-refractivity contribution in [1.29, 1.82) is 0 Å². The van der Waals surface area contributed by atoms with Crippen LogP contribution in [0.2, 0.25) is 0 Å². The largest absolute Gasteiger partial charge is 0.333 e. The second-order valence-electron chi connectivity index (χ2n) is 4.41. The van der Waals surface area contributed by atoms with Crippen LogP contribution in [0.5, 0.6) is 0 Å². The Bertz CT molecular complexity index is 931. The summed E-state index contributed by atoms with van der Waals surface area (Å²) in [4.78, 5) is 7.46. The first-order valence-corrected chi connectivity index (χ1v) is 7.14. The Labute approximate surface area is 127 Å². The number of nitrogens with zero attached hydrogens (tertiary/aromatic N) is 6. The molecule has 0 radical (unpaired) electrons. The van der Waals surface area contributed by atoms with Gasteiger partial charge in [-0.1, -0.05) is 0 Å². The lowest BCUT2D eigenvalue weighted by Crippen LogP contribution is -1.95. The Hall–Kier alpha value is -2.81. The van der Waals surface area contributed by atoms with E-state index in [0.717, 1.165) is 11.3 Å². The zero-order chi connectivity index (χ0) is 14.9. The van der Waals surface area contributed by atoms with E-state index in [0.29, 0.717) is 15.8 Å². The fourth-order valence-corrected chi connectivity index (χ4v) is 2.64. The number of halogens is 1. The van der Waals surface area contributed by atoms with Crippen molar-refractivity contribution in [2.45, 2.75) is 10.2 Å². The van der Waals surface area contributed by atoms with Crippen molar-refractivity contribution < 1.29 is 4.39 Å². The molecule has 3 aromatic heterocycles.